The van der Waals surface area contributed by atoms with Gasteiger partial charge in [-0.15, -0.1) is 0 Å². The number of anilines is 1. The molecule has 5 heteroatoms. The molecule has 0 spiro atoms. The molecule has 0 aromatic carbocycles. The van der Waals surface area contributed by atoms with Crippen LogP contribution in [0.2, 0.25) is 0 Å². The average molecular weight is 230 g/mol. The summed E-state index contributed by atoms with van der Waals surface area (Å²) >= 11 is 0. The topological polar surface area (TPSA) is 59.8 Å². The monoisotopic (exact) mass is 230 g/mol. The van der Waals surface area contributed by atoms with Crippen LogP contribution >= 0.6 is 0 Å². The van der Waals surface area contributed by atoms with Crippen LogP contribution in [0.3, 0.4) is 0 Å². The fourth-order valence-corrected chi connectivity index (χ4v) is 1.42. The molecule has 88 valence electrons. The van der Waals surface area contributed by atoms with Crippen molar-refractivity contribution in [1.82, 2.24) is 14.8 Å². The van der Waals surface area contributed by atoms with E-state index in [1.54, 1.807) is 23.1 Å². The maximum atomic E-state index is 11.7. The van der Waals surface area contributed by atoms with Crippen molar-refractivity contribution < 1.29 is 4.79 Å². The SMILES string of the molecule is Cc1ccc(NC(=O)Cn2nccc2C)nc1. The number of hydrogen-bond donors (Lipinski definition) is 1. The lowest BCUT2D eigenvalue weighted by Gasteiger charge is -2.06. The Hall–Kier alpha value is -2.17. The molecule has 0 fully saturated rings. The molecule has 17 heavy (non-hydrogen) atoms. The Labute approximate surface area is 99.5 Å². The molecule has 0 saturated carbocycles. The Kier molecular flexibility index (Phi) is 3.18. The summed E-state index contributed by atoms with van der Waals surface area (Å²) < 4.78 is 1.64. The van der Waals surface area contributed by atoms with Gasteiger partial charge in [0, 0.05) is 18.1 Å². The number of rotatable bonds is 3. The summed E-state index contributed by atoms with van der Waals surface area (Å²) in [4.78, 5) is 15.8. The summed E-state index contributed by atoms with van der Waals surface area (Å²) in [6, 6.07) is 5.54. The van der Waals surface area contributed by atoms with Crippen LogP contribution in [0.25, 0.3) is 0 Å². The van der Waals surface area contributed by atoms with Gasteiger partial charge < -0.3 is 5.32 Å². The molecule has 2 heterocycles. The maximum Gasteiger partial charge on any atom is 0.247 e. The summed E-state index contributed by atoms with van der Waals surface area (Å²) in [6.07, 6.45) is 3.39. The van der Waals surface area contributed by atoms with Crippen LogP contribution in [-0.2, 0) is 11.3 Å². The second-order valence-electron chi connectivity index (χ2n) is 3.90. The second-order valence-corrected chi connectivity index (χ2v) is 3.90. The van der Waals surface area contributed by atoms with Gasteiger partial charge >= 0.3 is 0 Å². The third kappa shape index (κ3) is 2.90. The minimum Gasteiger partial charge on any atom is -0.309 e. The lowest BCUT2D eigenvalue weighted by Crippen LogP contribution is -2.20. The van der Waals surface area contributed by atoms with Gasteiger partial charge in [0.1, 0.15) is 12.4 Å². The van der Waals surface area contributed by atoms with E-state index >= 15 is 0 Å². The van der Waals surface area contributed by atoms with Gasteiger partial charge in [-0.3, -0.25) is 9.48 Å². The molecule has 0 bridgehead atoms. The second kappa shape index (κ2) is 4.78. The molecule has 2 aromatic heterocycles. The van der Waals surface area contributed by atoms with Crippen molar-refractivity contribution in [2.75, 3.05) is 5.32 Å². The zero-order valence-corrected chi connectivity index (χ0v) is 9.84. The van der Waals surface area contributed by atoms with Crippen molar-refractivity contribution in [3.8, 4) is 0 Å². The van der Waals surface area contributed by atoms with Gasteiger partial charge in [0.25, 0.3) is 0 Å². The first kappa shape index (κ1) is 11.3. The number of amides is 1. The molecule has 0 unspecified atom stereocenters. The first-order valence-corrected chi connectivity index (χ1v) is 5.36. The Balaban J connectivity index is 1.98. The summed E-state index contributed by atoms with van der Waals surface area (Å²) in [7, 11) is 0. The van der Waals surface area contributed by atoms with Crippen molar-refractivity contribution in [2.24, 2.45) is 0 Å². The number of nitrogens with one attached hydrogen (secondary N) is 1. The number of aryl methyl sites for hydroxylation is 2. The largest absolute Gasteiger partial charge is 0.309 e. The highest BCUT2D eigenvalue weighted by Gasteiger charge is 2.06. The van der Waals surface area contributed by atoms with Crippen LogP contribution < -0.4 is 5.32 Å². The third-order valence-electron chi connectivity index (χ3n) is 2.40. The van der Waals surface area contributed by atoms with Gasteiger partial charge in [0.2, 0.25) is 5.91 Å². The summed E-state index contributed by atoms with van der Waals surface area (Å²) in [5, 5.41) is 6.77. The highest BCUT2D eigenvalue weighted by Crippen LogP contribution is 2.04. The van der Waals surface area contributed by atoms with E-state index < -0.39 is 0 Å². The predicted molar refractivity (Wildman–Crippen MR) is 64.6 cm³/mol. The Morgan fingerprint density at radius 2 is 2.18 bits per heavy atom. The summed E-state index contributed by atoms with van der Waals surface area (Å²) in [5.41, 5.74) is 2.02. The van der Waals surface area contributed by atoms with E-state index in [0.717, 1.165) is 11.3 Å². The molecule has 5 nitrogen and oxygen atoms in total. The van der Waals surface area contributed by atoms with Crippen LogP contribution in [0.1, 0.15) is 11.3 Å². The Morgan fingerprint density at radius 3 is 2.76 bits per heavy atom. The van der Waals surface area contributed by atoms with Crippen LogP contribution in [0, 0.1) is 13.8 Å². The van der Waals surface area contributed by atoms with E-state index in [0.29, 0.717) is 5.82 Å². The smallest absolute Gasteiger partial charge is 0.247 e. The normalized spacial score (nSPS) is 10.2. The predicted octanol–water partition coefficient (Wildman–Crippen LogP) is 1.53. The Morgan fingerprint density at radius 1 is 1.35 bits per heavy atom. The van der Waals surface area contributed by atoms with E-state index in [4.69, 9.17) is 0 Å². The first-order chi connectivity index (χ1) is 8.15. The van der Waals surface area contributed by atoms with E-state index in [1.807, 2.05) is 26.0 Å². The molecule has 2 rings (SSSR count). The van der Waals surface area contributed by atoms with Crippen LogP contribution in [0.15, 0.2) is 30.6 Å². The molecule has 2 aromatic rings. The minimum absolute atomic E-state index is 0.131. The van der Waals surface area contributed by atoms with Gasteiger partial charge in [0.15, 0.2) is 0 Å². The summed E-state index contributed by atoms with van der Waals surface area (Å²) in [6.45, 7) is 4.06. The highest BCUT2D eigenvalue weighted by atomic mass is 16.2. The maximum absolute atomic E-state index is 11.7. The quantitative estimate of drug-likeness (QED) is 0.870. The van der Waals surface area contributed by atoms with Gasteiger partial charge in [0.05, 0.1) is 0 Å². The number of hydrogen-bond acceptors (Lipinski definition) is 3. The van der Waals surface area contributed by atoms with E-state index in [-0.39, 0.29) is 12.5 Å². The van der Waals surface area contributed by atoms with Crippen LogP contribution in [-0.4, -0.2) is 20.7 Å². The molecule has 0 saturated heterocycles. The fourth-order valence-electron chi connectivity index (χ4n) is 1.42. The van der Waals surface area contributed by atoms with Crippen molar-refractivity contribution in [3.05, 3.63) is 41.9 Å². The number of carbonyl (C=O) groups excluding carboxylic acids is 1. The molecule has 1 N–H and O–H groups in total. The average Bonchev–Trinajstić information content (AvgIpc) is 2.68. The Bertz CT molecular complexity index is 516. The van der Waals surface area contributed by atoms with Gasteiger partial charge in [-0.2, -0.15) is 5.10 Å². The van der Waals surface area contributed by atoms with E-state index in [9.17, 15) is 4.79 Å². The molecule has 1 amide bonds. The zero-order valence-electron chi connectivity index (χ0n) is 9.84. The van der Waals surface area contributed by atoms with Gasteiger partial charge in [-0.1, -0.05) is 6.07 Å². The first-order valence-electron chi connectivity index (χ1n) is 5.36. The van der Waals surface area contributed by atoms with Gasteiger partial charge in [-0.05, 0) is 31.5 Å². The third-order valence-corrected chi connectivity index (χ3v) is 2.40. The molecule has 0 aliphatic heterocycles. The van der Waals surface area contributed by atoms with E-state index in [2.05, 4.69) is 15.4 Å². The standard InChI is InChI=1S/C12H14N4O/c1-9-3-4-11(13-7-9)15-12(17)8-16-10(2)5-6-14-16/h3-7H,8H2,1-2H3,(H,13,15,17). The molecular formula is C12H14N4O. The van der Waals surface area contributed by atoms with Crippen molar-refractivity contribution in [1.29, 1.82) is 0 Å². The number of aromatic nitrogens is 3. The number of nitrogens with zero attached hydrogens (tertiary/aromatic N) is 3. The molecule has 0 radical (unpaired) electrons. The van der Waals surface area contributed by atoms with Gasteiger partial charge in [-0.25, -0.2) is 4.98 Å². The molecular weight excluding hydrogens is 216 g/mol. The fraction of sp³-hybridized carbons (Fsp3) is 0.250. The zero-order chi connectivity index (χ0) is 12.3. The molecule has 0 aliphatic carbocycles. The molecule has 0 aliphatic rings. The van der Waals surface area contributed by atoms with E-state index in [1.165, 1.54) is 0 Å². The van der Waals surface area contributed by atoms with Crippen molar-refractivity contribution in [3.63, 3.8) is 0 Å². The summed E-state index contributed by atoms with van der Waals surface area (Å²) in [5.74, 6) is 0.429. The molecule has 0 atom stereocenters. The lowest BCUT2D eigenvalue weighted by atomic mass is 10.3. The minimum atomic E-state index is -0.131. The van der Waals surface area contributed by atoms with Crippen LogP contribution in [0.4, 0.5) is 5.82 Å². The number of carbonyl (C=O) groups is 1. The number of pyridine rings is 1. The highest BCUT2D eigenvalue weighted by molar-refractivity contribution is 5.89. The van der Waals surface area contributed by atoms with Crippen molar-refractivity contribution >= 4 is 11.7 Å². The van der Waals surface area contributed by atoms with Crippen LogP contribution in [0.5, 0.6) is 0 Å². The van der Waals surface area contributed by atoms with Crippen molar-refractivity contribution in [2.45, 2.75) is 20.4 Å². The lowest BCUT2D eigenvalue weighted by molar-refractivity contribution is -0.117.